The Kier molecular flexibility index (Phi) is 6.23. The van der Waals surface area contributed by atoms with Gasteiger partial charge in [0.2, 0.25) is 10.0 Å². The summed E-state index contributed by atoms with van der Waals surface area (Å²) in [4.78, 5) is 16.8. The maximum Gasteiger partial charge on any atom is 0.253 e. The maximum atomic E-state index is 12.6. The van der Waals surface area contributed by atoms with Crippen LogP contribution in [0.5, 0.6) is 0 Å². The number of likely N-dealkylation sites (N-methyl/N-ethyl adjacent to an activating group) is 1. The Morgan fingerprint density at radius 3 is 2.08 bits per heavy atom. The molecule has 1 aliphatic heterocycles. The van der Waals surface area contributed by atoms with Crippen molar-refractivity contribution in [1.82, 2.24) is 9.80 Å². The molecule has 1 fully saturated rings. The highest BCUT2D eigenvalue weighted by Crippen LogP contribution is 2.20. The third kappa shape index (κ3) is 4.08. The molecule has 24 heavy (non-hydrogen) atoms. The van der Waals surface area contributed by atoms with E-state index in [1.54, 1.807) is 38.1 Å². The fraction of sp³-hybridized carbons (Fsp3) is 0.588. The van der Waals surface area contributed by atoms with Gasteiger partial charge in [-0.3, -0.25) is 9.10 Å². The summed E-state index contributed by atoms with van der Waals surface area (Å²) in [6.45, 7) is 10.2. The Hall–Kier alpha value is -1.60. The van der Waals surface area contributed by atoms with E-state index in [1.165, 1.54) is 4.31 Å². The molecule has 0 unspecified atom stereocenters. The molecule has 0 saturated carbocycles. The van der Waals surface area contributed by atoms with Gasteiger partial charge in [-0.25, -0.2) is 8.42 Å². The predicted molar refractivity (Wildman–Crippen MR) is 96.9 cm³/mol. The van der Waals surface area contributed by atoms with Crippen LogP contribution in [0.4, 0.5) is 5.69 Å². The molecule has 134 valence electrons. The van der Waals surface area contributed by atoms with Gasteiger partial charge >= 0.3 is 0 Å². The number of carbonyl (C=O) groups excluding carboxylic acids is 1. The van der Waals surface area contributed by atoms with Crippen molar-refractivity contribution in [2.75, 3.05) is 49.3 Å². The van der Waals surface area contributed by atoms with Crippen molar-refractivity contribution in [3.8, 4) is 0 Å². The molecule has 0 atom stereocenters. The Labute approximate surface area is 145 Å². The number of benzene rings is 1. The van der Waals surface area contributed by atoms with Crippen LogP contribution in [0.1, 0.15) is 31.1 Å². The summed E-state index contributed by atoms with van der Waals surface area (Å²) in [7, 11) is -3.29. The van der Waals surface area contributed by atoms with Gasteiger partial charge in [0.05, 0.1) is 11.4 Å². The molecular formula is C17H27N3O3S. The number of sulfonamides is 1. The monoisotopic (exact) mass is 353 g/mol. The van der Waals surface area contributed by atoms with Gasteiger partial charge in [0.25, 0.3) is 5.91 Å². The summed E-state index contributed by atoms with van der Waals surface area (Å²) in [5.74, 6) is 0.0714. The highest BCUT2D eigenvalue weighted by atomic mass is 32.2. The minimum Gasteiger partial charge on any atom is -0.336 e. The summed E-state index contributed by atoms with van der Waals surface area (Å²) in [5, 5.41) is 0. The first-order valence-electron chi connectivity index (χ1n) is 8.55. The SMILES string of the molecule is CCN1CCN(C(=O)c2ccc(N(CC)S(=O)(=O)CC)cc2)CC1. The Bertz CT molecular complexity index is 650. The van der Waals surface area contributed by atoms with E-state index in [0.717, 1.165) is 32.7 Å². The Morgan fingerprint density at radius 2 is 1.62 bits per heavy atom. The first kappa shape index (κ1) is 18.7. The molecule has 0 aromatic heterocycles. The molecule has 1 aliphatic rings. The van der Waals surface area contributed by atoms with Crippen LogP contribution in [-0.2, 0) is 10.0 Å². The molecule has 1 amide bonds. The predicted octanol–water partition coefficient (Wildman–Crippen LogP) is 1.64. The van der Waals surface area contributed by atoms with E-state index in [-0.39, 0.29) is 11.7 Å². The quantitative estimate of drug-likeness (QED) is 0.780. The van der Waals surface area contributed by atoms with Crippen LogP contribution in [0.3, 0.4) is 0 Å². The number of piperazine rings is 1. The van der Waals surface area contributed by atoms with E-state index >= 15 is 0 Å². The summed E-state index contributed by atoms with van der Waals surface area (Å²) in [5.41, 5.74) is 1.21. The molecule has 6 nitrogen and oxygen atoms in total. The topological polar surface area (TPSA) is 60.9 Å². The van der Waals surface area contributed by atoms with E-state index in [9.17, 15) is 13.2 Å². The average Bonchev–Trinajstić information content (AvgIpc) is 2.62. The summed E-state index contributed by atoms with van der Waals surface area (Å²) >= 11 is 0. The number of rotatable bonds is 6. The lowest BCUT2D eigenvalue weighted by Crippen LogP contribution is -2.48. The third-order valence-electron chi connectivity index (χ3n) is 4.50. The number of nitrogens with zero attached hydrogens (tertiary/aromatic N) is 3. The van der Waals surface area contributed by atoms with Crippen LogP contribution in [0.2, 0.25) is 0 Å². The van der Waals surface area contributed by atoms with Gasteiger partial charge in [0.1, 0.15) is 0 Å². The van der Waals surface area contributed by atoms with Crippen molar-refractivity contribution in [3.05, 3.63) is 29.8 Å². The average molecular weight is 353 g/mol. The van der Waals surface area contributed by atoms with Crippen LogP contribution in [-0.4, -0.2) is 69.1 Å². The summed E-state index contributed by atoms with van der Waals surface area (Å²) in [6.07, 6.45) is 0. The van der Waals surface area contributed by atoms with Gasteiger partial charge in [-0.05, 0) is 44.7 Å². The molecule has 0 radical (unpaired) electrons. The molecule has 7 heteroatoms. The summed E-state index contributed by atoms with van der Waals surface area (Å²) < 4.78 is 25.6. The van der Waals surface area contributed by atoms with Gasteiger partial charge in [-0.2, -0.15) is 0 Å². The van der Waals surface area contributed by atoms with Crippen LogP contribution in [0.25, 0.3) is 0 Å². The Balaban J connectivity index is 2.10. The van der Waals surface area contributed by atoms with Gasteiger partial charge in [-0.1, -0.05) is 6.92 Å². The van der Waals surface area contributed by atoms with Gasteiger partial charge in [-0.15, -0.1) is 0 Å². The number of anilines is 1. The van der Waals surface area contributed by atoms with Crippen molar-refractivity contribution in [3.63, 3.8) is 0 Å². The van der Waals surface area contributed by atoms with Crippen molar-refractivity contribution >= 4 is 21.6 Å². The van der Waals surface area contributed by atoms with E-state index < -0.39 is 10.0 Å². The van der Waals surface area contributed by atoms with E-state index in [4.69, 9.17) is 0 Å². The summed E-state index contributed by atoms with van der Waals surface area (Å²) in [6, 6.07) is 6.87. The van der Waals surface area contributed by atoms with E-state index in [0.29, 0.717) is 17.8 Å². The molecular weight excluding hydrogens is 326 g/mol. The molecule has 1 aromatic rings. The largest absolute Gasteiger partial charge is 0.336 e. The smallest absolute Gasteiger partial charge is 0.253 e. The van der Waals surface area contributed by atoms with Crippen LogP contribution in [0, 0.1) is 0 Å². The molecule has 1 saturated heterocycles. The Morgan fingerprint density at radius 1 is 1.04 bits per heavy atom. The second kappa shape index (κ2) is 7.98. The second-order valence-electron chi connectivity index (χ2n) is 5.84. The highest BCUT2D eigenvalue weighted by Gasteiger charge is 2.22. The first-order chi connectivity index (χ1) is 11.4. The van der Waals surface area contributed by atoms with Crippen LogP contribution in [0.15, 0.2) is 24.3 Å². The van der Waals surface area contributed by atoms with Crippen molar-refractivity contribution in [1.29, 1.82) is 0 Å². The van der Waals surface area contributed by atoms with Gasteiger partial charge < -0.3 is 9.80 Å². The second-order valence-corrected chi connectivity index (χ2v) is 8.02. The van der Waals surface area contributed by atoms with Gasteiger partial charge in [0, 0.05) is 38.3 Å². The maximum absolute atomic E-state index is 12.6. The number of hydrogen-bond acceptors (Lipinski definition) is 4. The lowest BCUT2D eigenvalue weighted by Gasteiger charge is -2.34. The van der Waals surface area contributed by atoms with E-state index in [2.05, 4.69) is 11.8 Å². The lowest BCUT2D eigenvalue weighted by molar-refractivity contribution is 0.0643. The van der Waals surface area contributed by atoms with Crippen LogP contribution < -0.4 is 4.31 Å². The highest BCUT2D eigenvalue weighted by molar-refractivity contribution is 7.92. The minimum atomic E-state index is -3.29. The van der Waals surface area contributed by atoms with Crippen molar-refractivity contribution in [2.45, 2.75) is 20.8 Å². The fourth-order valence-corrected chi connectivity index (χ4v) is 4.06. The molecule has 1 aromatic carbocycles. The van der Waals surface area contributed by atoms with Crippen LogP contribution >= 0.6 is 0 Å². The zero-order valence-corrected chi connectivity index (χ0v) is 15.6. The number of amides is 1. The number of carbonyl (C=O) groups is 1. The molecule has 2 rings (SSSR count). The molecule has 0 N–H and O–H groups in total. The zero-order chi connectivity index (χ0) is 17.7. The van der Waals surface area contributed by atoms with Gasteiger partial charge in [0.15, 0.2) is 0 Å². The zero-order valence-electron chi connectivity index (χ0n) is 14.7. The molecule has 1 heterocycles. The normalized spacial score (nSPS) is 16.2. The minimum absolute atomic E-state index is 0.0127. The van der Waals surface area contributed by atoms with Crippen molar-refractivity contribution in [2.24, 2.45) is 0 Å². The fourth-order valence-electron chi connectivity index (χ4n) is 2.92. The van der Waals surface area contributed by atoms with Crippen molar-refractivity contribution < 1.29 is 13.2 Å². The number of hydrogen-bond donors (Lipinski definition) is 0. The standard InChI is InChI=1S/C17H27N3O3S/c1-4-18-11-13-19(14-12-18)17(21)15-7-9-16(10-8-15)20(5-2)24(22,23)6-3/h7-10H,4-6,11-14H2,1-3H3. The lowest BCUT2D eigenvalue weighted by atomic mass is 10.1. The van der Waals surface area contributed by atoms with E-state index in [1.807, 2.05) is 4.90 Å². The molecule has 0 bridgehead atoms. The molecule has 0 spiro atoms. The first-order valence-corrected chi connectivity index (χ1v) is 10.2. The third-order valence-corrected chi connectivity index (χ3v) is 6.37. The molecule has 0 aliphatic carbocycles.